The molecule has 0 saturated carbocycles. The highest BCUT2D eigenvalue weighted by atomic mass is 16.2. The van der Waals surface area contributed by atoms with E-state index < -0.39 is 0 Å². The number of aromatic nitrogens is 3. The van der Waals surface area contributed by atoms with Crippen molar-refractivity contribution in [2.45, 2.75) is 20.4 Å². The summed E-state index contributed by atoms with van der Waals surface area (Å²) >= 11 is 0. The molecular weight excluding hydrogens is 314 g/mol. The SMILES string of the molecule is Cc1cc(C)n(Cc2ccc(C(=O)N/N=C\c3cccnc3)cc2)n1. The van der Waals surface area contributed by atoms with Crippen LogP contribution in [0.3, 0.4) is 0 Å². The molecule has 3 rings (SSSR count). The summed E-state index contributed by atoms with van der Waals surface area (Å²) < 4.78 is 1.95. The minimum Gasteiger partial charge on any atom is -0.267 e. The summed E-state index contributed by atoms with van der Waals surface area (Å²) in [6, 6.07) is 13.1. The maximum atomic E-state index is 12.1. The largest absolute Gasteiger partial charge is 0.271 e. The lowest BCUT2D eigenvalue weighted by atomic mass is 10.1. The van der Waals surface area contributed by atoms with Crippen molar-refractivity contribution < 1.29 is 4.79 Å². The van der Waals surface area contributed by atoms with Gasteiger partial charge in [0.1, 0.15) is 0 Å². The number of nitrogens with zero attached hydrogens (tertiary/aromatic N) is 4. The highest BCUT2D eigenvalue weighted by Gasteiger charge is 2.06. The molecule has 0 saturated heterocycles. The standard InChI is InChI=1S/C19H19N5O/c1-14-10-15(2)24(23-14)13-16-5-7-18(8-6-16)19(25)22-21-12-17-4-3-9-20-11-17/h3-12H,13H2,1-2H3,(H,22,25)/b21-12-. The lowest BCUT2D eigenvalue weighted by molar-refractivity contribution is 0.0955. The molecule has 0 spiro atoms. The Morgan fingerprint density at radius 1 is 1.24 bits per heavy atom. The second-order valence-corrected chi connectivity index (χ2v) is 5.77. The van der Waals surface area contributed by atoms with Crippen molar-refractivity contribution in [2.75, 3.05) is 0 Å². The highest BCUT2D eigenvalue weighted by molar-refractivity contribution is 5.94. The highest BCUT2D eigenvalue weighted by Crippen LogP contribution is 2.09. The van der Waals surface area contributed by atoms with Crippen LogP contribution in [0.4, 0.5) is 0 Å². The molecule has 2 aromatic heterocycles. The van der Waals surface area contributed by atoms with Crippen molar-refractivity contribution in [1.29, 1.82) is 0 Å². The van der Waals surface area contributed by atoms with Crippen LogP contribution in [0.1, 0.15) is 32.9 Å². The van der Waals surface area contributed by atoms with Gasteiger partial charge in [0.15, 0.2) is 0 Å². The van der Waals surface area contributed by atoms with Crippen LogP contribution >= 0.6 is 0 Å². The molecule has 1 N–H and O–H groups in total. The number of benzene rings is 1. The van der Waals surface area contributed by atoms with Crippen LogP contribution in [0.25, 0.3) is 0 Å². The molecule has 0 aliphatic heterocycles. The topological polar surface area (TPSA) is 72.2 Å². The fraction of sp³-hybridized carbons (Fsp3) is 0.158. The van der Waals surface area contributed by atoms with E-state index in [1.807, 2.05) is 48.9 Å². The van der Waals surface area contributed by atoms with Gasteiger partial charge in [0, 0.05) is 29.2 Å². The number of amides is 1. The first-order valence-electron chi connectivity index (χ1n) is 7.95. The predicted molar refractivity (Wildman–Crippen MR) is 96.5 cm³/mol. The first-order chi connectivity index (χ1) is 12.1. The molecule has 6 heteroatoms. The van der Waals surface area contributed by atoms with Crippen LogP contribution in [0.5, 0.6) is 0 Å². The van der Waals surface area contributed by atoms with Crippen molar-refractivity contribution in [3.8, 4) is 0 Å². The molecule has 3 aromatic rings. The summed E-state index contributed by atoms with van der Waals surface area (Å²) in [6.45, 7) is 4.69. The maximum absolute atomic E-state index is 12.1. The number of carbonyl (C=O) groups is 1. The number of nitrogens with one attached hydrogen (secondary N) is 1. The van der Waals surface area contributed by atoms with Crippen molar-refractivity contribution in [3.05, 3.63) is 82.9 Å². The van der Waals surface area contributed by atoms with Gasteiger partial charge in [0.25, 0.3) is 5.91 Å². The molecule has 126 valence electrons. The minimum atomic E-state index is -0.252. The van der Waals surface area contributed by atoms with Gasteiger partial charge in [-0.25, -0.2) is 5.43 Å². The zero-order chi connectivity index (χ0) is 17.6. The summed E-state index contributed by atoms with van der Waals surface area (Å²) in [5, 5.41) is 8.39. The number of hydrogen-bond acceptors (Lipinski definition) is 4. The molecule has 1 aromatic carbocycles. The molecule has 0 bridgehead atoms. The Morgan fingerprint density at radius 2 is 2.04 bits per heavy atom. The summed E-state index contributed by atoms with van der Waals surface area (Å²) in [5.74, 6) is -0.252. The van der Waals surface area contributed by atoms with Gasteiger partial charge in [-0.1, -0.05) is 18.2 Å². The van der Waals surface area contributed by atoms with Gasteiger partial charge in [0.05, 0.1) is 18.5 Å². The van der Waals surface area contributed by atoms with Crippen molar-refractivity contribution in [1.82, 2.24) is 20.2 Å². The number of rotatable bonds is 5. The van der Waals surface area contributed by atoms with E-state index in [1.165, 1.54) is 0 Å². The zero-order valence-electron chi connectivity index (χ0n) is 14.2. The molecule has 0 fully saturated rings. The zero-order valence-corrected chi connectivity index (χ0v) is 14.2. The maximum Gasteiger partial charge on any atom is 0.271 e. The van der Waals surface area contributed by atoms with Crippen LogP contribution < -0.4 is 5.43 Å². The first kappa shape index (κ1) is 16.6. The smallest absolute Gasteiger partial charge is 0.267 e. The van der Waals surface area contributed by atoms with Crippen molar-refractivity contribution in [2.24, 2.45) is 5.10 Å². The average molecular weight is 333 g/mol. The molecule has 2 heterocycles. The summed E-state index contributed by atoms with van der Waals surface area (Å²) in [4.78, 5) is 16.1. The summed E-state index contributed by atoms with van der Waals surface area (Å²) in [6.07, 6.45) is 4.91. The Balaban J connectivity index is 1.60. The molecule has 0 radical (unpaired) electrons. The summed E-state index contributed by atoms with van der Waals surface area (Å²) in [5.41, 5.74) is 7.09. The van der Waals surface area contributed by atoms with Crippen LogP contribution in [-0.4, -0.2) is 26.9 Å². The minimum absolute atomic E-state index is 0.252. The van der Waals surface area contributed by atoms with Gasteiger partial charge >= 0.3 is 0 Å². The second-order valence-electron chi connectivity index (χ2n) is 5.77. The Hall–Kier alpha value is -3.28. The van der Waals surface area contributed by atoms with Gasteiger partial charge in [-0.15, -0.1) is 0 Å². The van der Waals surface area contributed by atoms with Crippen LogP contribution in [0, 0.1) is 13.8 Å². The van der Waals surface area contributed by atoms with E-state index >= 15 is 0 Å². The number of hydrogen-bond donors (Lipinski definition) is 1. The predicted octanol–water partition coefficient (Wildman–Crippen LogP) is 2.71. The van der Waals surface area contributed by atoms with E-state index in [0.717, 1.165) is 22.5 Å². The number of hydrazone groups is 1. The second kappa shape index (κ2) is 7.53. The van der Waals surface area contributed by atoms with Gasteiger partial charge in [0.2, 0.25) is 0 Å². The molecule has 0 unspecified atom stereocenters. The Labute approximate surface area is 146 Å². The van der Waals surface area contributed by atoms with Crippen LogP contribution in [0.15, 0.2) is 60.0 Å². The lowest BCUT2D eigenvalue weighted by Gasteiger charge is -2.06. The van der Waals surface area contributed by atoms with Gasteiger partial charge < -0.3 is 0 Å². The number of aryl methyl sites for hydroxylation is 2. The van der Waals surface area contributed by atoms with E-state index in [1.54, 1.807) is 30.7 Å². The molecule has 0 atom stereocenters. The molecular formula is C19H19N5O. The number of carbonyl (C=O) groups excluding carboxylic acids is 1. The molecule has 0 aliphatic rings. The molecule has 6 nitrogen and oxygen atoms in total. The van der Waals surface area contributed by atoms with E-state index in [9.17, 15) is 4.79 Å². The molecule has 0 aliphatic carbocycles. The third kappa shape index (κ3) is 4.38. The van der Waals surface area contributed by atoms with Crippen LogP contribution in [0.2, 0.25) is 0 Å². The van der Waals surface area contributed by atoms with Gasteiger partial charge in [-0.3, -0.25) is 14.5 Å². The molecule has 1 amide bonds. The third-order valence-corrected chi connectivity index (χ3v) is 3.72. The van der Waals surface area contributed by atoms with Crippen molar-refractivity contribution in [3.63, 3.8) is 0 Å². The lowest BCUT2D eigenvalue weighted by Crippen LogP contribution is -2.17. The van der Waals surface area contributed by atoms with E-state index in [2.05, 4.69) is 20.6 Å². The Bertz CT molecular complexity index is 882. The quantitative estimate of drug-likeness (QED) is 0.576. The monoisotopic (exact) mass is 333 g/mol. The third-order valence-electron chi connectivity index (χ3n) is 3.72. The Kier molecular flexibility index (Phi) is 4.99. The Morgan fingerprint density at radius 3 is 2.68 bits per heavy atom. The summed E-state index contributed by atoms with van der Waals surface area (Å²) in [7, 11) is 0. The van der Waals surface area contributed by atoms with Crippen LogP contribution in [-0.2, 0) is 6.54 Å². The van der Waals surface area contributed by atoms with E-state index in [-0.39, 0.29) is 5.91 Å². The normalized spacial score (nSPS) is 11.0. The van der Waals surface area contributed by atoms with Crippen molar-refractivity contribution >= 4 is 12.1 Å². The van der Waals surface area contributed by atoms with Gasteiger partial charge in [-0.2, -0.15) is 10.2 Å². The fourth-order valence-corrected chi connectivity index (χ4v) is 2.45. The van der Waals surface area contributed by atoms with E-state index in [4.69, 9.17) is 0 Å². The van der Waals surface area contributed by atoms with E-state index in [0.29, 0.717) is 12.1 Å². The average Bonchev–Trinajstić information content (AvgIpc) is 2.93. The number of pyridine rings is 1. The first-order valence-corrected chi connectivity index (χ1v) is 7.95. The van der Waals surface area contributed by atoms with Gasteiger partial charge in [-0.05, 0) is 43.7 Å². The fourth-order valence-electron chi connectivity index (χ4n) is 2.45. The molecule has 25 heavy (non-hydrogen) atoms.